The number of fused-ring (bicyclic) bond motifs is 2. The minimum absolute atomic E-state index is 0.136. The highest BCUT2D eigenvalue weighted by atomic mass is 32.1. The van der Waals surface area contributed by atoms with Gasteiger partial charge in [-0.1, -0.05) is 35.9 Å². The SMILES string of the molecule is Cc1ccc(-c2csc3ncn(CCC(=O)NCc4nnc5ccccn45)c(=O)c23)cc1. The molecule has 0 unspecified atom stereocenters. The molecule has 5 aromatic rings. The Morgan fingerprint density at radius 2 is 1.97 bits per heavy atom. The van der Waals surface area contributed by atoms with E-state index in [4.69, 9.17) is 0 Å². The van der Waals surface area contributed by atoms with Crippen molar-refractivity contribution in [3.05, 3.63) is 82.1 Å². The minimum atomic E-state index is -0.172. The number of amides is 1. The molecule has 0 spiro atoms. The third kappa shape index (κ3) is 3.78. The molecule has 4 heterocycles. The summed E-state index contributed by atoms with van der Waals surface area (Å²) in [4.78, 5) is 30.7. The van der Waals surface area contributed by atoms with Crippen LogP contribution in [-0.4, -0.2) is 30.1 Å². The molecule has 0 aliphatic rings. The minimum Gasteiger partial charge on any atom is -0.349 e. The van der Waals surface area contributed by atoms with Crippen LogP contribution < -0.4 is 10.9 Å². The second-order valence-corrected chi connectivity index (χ2v) is 8.37. The van der Waals surface area contributed by atoms with Gasteiger partial charge in [-0.25, -0.2) is 4.98 Å². The first-order chi connectivity index (χ1) is 15.6. The fourth-order valence-corrected chi connectivity index (χ4v) is 4.48. The zero-order valence-electron chi connectivity index (χ0n) is 17.4. The number of hydrogen-bond donors (Lipinski definition) is 1. The Labute approximate surface area is 187 Å². The monoisotopic (exact) mass is 444 g/mol. The van der Waals surface area contributed by atoms with Gasteiger partial charge in [-0.05, 0) is 24.6 Å². The predicted octanol–water partition coefficient (Wildman–Crippen LogP) is 3.18. The molecular formula is C23H20N6O2S. The maximum atomic E-state index is 13.1. The fourth-order valence-electron chi connectivity index (χ4n) is 3.57. The molecule has 4 aromatic heterocycles. The van der Waals surface area contributed by atoms with Gasteiger partial charge >= 0.3 is 0 Å². The number of aromatic nitrogens is 5. The number of aryl methyl sites for hydroxylation is 2. The average Bonchev–Trinajstić information content (AvgIpc) is 3.42. The number of nitrogens with one attached hydrogen (secondary N) is 1. The van der Waals surface area contributed by atoms with E-state index in [1.165, 1.54) is 22.2 Å². The third-order valence-corrected chi connectivity index (χ3v) is 6.22. The van der Waals surface area contributed by atoms with Gasteiger partial charge in [-0.15, -0.1) is 21.5 Å². The molecule has 0 fully saturated rings. The van der Waals surface area contributed by atoms with Gasteiger partial charge in [0.2, 0.25) is 5.91 Å². The quantitative estimate of drug-likeness (QED) is 0.434. The molecule has 32 heavy (non-hydrogen) atoms. The Kier molecular flexibility index (Phi) is 5.24. The summed E-state index contributed by atoms with van der Waals surface area (Å²) in [6.45, 7) is 2.54. The lowest BCUT2D eigenvalue weighted by Gasteiger charge is -2.07. The first kappa shape index (κ1) is 20.1. The van der Waals surface area contributed by atoms with Crippen LogP contribution in [0.15, 0.2) is 65.2 Å². The molecular weight excluding hydrogens is 424 g/mol. The molecule has 9 heteroatoms. The molecule has 0 atom stereocenters. The Morgan fingerprint density at radius 1 is 1.12 bits per heavy atom. The topological polar surface area (TPSA) is 94.2 Å². The van der Waals surface area contributed by atoms with Crippen molar-refractivity contribution in [3.8, 4) is 11.1 Å². The zero-order valence-corrected chi connectivity index (χ0v) is 18.2. The summed E-state index contributed by atoms with van der Waals surface area (Å²) < 4.78 is 3.32. The zero-order chi connectivity index (χ0) is 22.1. The third-order valence-electron chi connectivity index (χ3n) is 5.33. The van der Waals surface area contributed by atoms with Crippen molar-refractivity contribution in [2.24, 2.45) is 0 Å². The summed E-state index contributed by atoms with van der Waals surface area (Å²) in [5.74, 6) is 0.476. The second-order valence-electron chi connectivity index (χ2n) is 7.51. The first-order valence-corrected chi connectivity index (χ1v) is 11.1. The average molecular weight is 445 g/mol. The Morgan fingerprint density at radius 3 is 2.81 bits per heavy atom. The molecule has 0 saturated heterocycles. The summed E-state index contributed by atoms with van der Waals surface area (Å²) >= 11 is 1.45. The van der Waals surface area contributed by atoms with Gasteiger partial charge in [-0.2, -0.15) is 0 Å². The predicted molar refractivity (Wildman–Crippen MR) is 124 cm³/mol. The molecule has 0 bridgehead atoms. The van der Waals surface area contributed by atoms with Crippen molar-refractivity contribution >= 4 is 33.1 Å². The Balaban J connectivity index is 1.30. The van der Waals surface area contributed by atoms with Crippen molar-refractivity contribution in [1.29, 1.82) is 0 Å². The number of rotatable bonds is 6. The van der Waals surface area contributed by atoms with Crippen LogP contribution in [0.1, 0.15) is 17.8 Å². The maximum absolute atomic E-state index is 13.1. The molecule has 0 aliphatic carbocycles. The van der Waals surface area contributed by atoms with E-state index in [0.717, 1.165) is 22.3 Å². The Bertz CT molecular complexity index is 1480. The smallest absolute Gasteiger partial charge is 0.262 e. The van der Waals surface area contributed by atoms with Crippen molar-refractivity contribution in [3.63, 3.8) is 0 Å². The molecule has 1 amide bonds. The van der Waals surface area contributed by atoms with E-state index >= 15 is 0 Å². The van der Waals surface area contributed by atoms with Gasteiger partial charge < -0.3 is 5.32 Å². The summed E-state index contributed by atoms with van der Waals surface area (Å²) in [6, 6.07) is 13.7. The normalized spacial score (nSPS) is 11.3. The van der Waals surface area contributed by atoms with E-state index in [0.29, 0.717) is 16.0 Å². The van der Waals surface area contributed by atoms with Gasteiger partial charge in [0.25, 0.3) is 5.56 Å². The molecule has 160 valence electrons. The number of carbonyl (C=O) groups excluding carboxylic acids is 1. The van der Waals surface area contributed by atoms with E-state index in [-0.39, 0.29) is 31.0 Å². The summed E-state index contributed by atoms with van der Waals surface area (Å²) in [5.41, 5.74) is 3.61. The van der Waals surface area contributed by atoms with Crippen LogP contribution in [0, 0.1) is 6.92 Å². The molecule has 0 saturated carbocycles. The van der Waals surface area contributed by atoms with E-state index in [2.05, 4.69) is 20.5 Å². The molecule has 1 aromatic carbocycles. The Hall–Kier alpha value is -3.85. The number of hydrogen-bond acceptors (Lipinski definition) is 6. The lowest BCUT2D eigenvalue weighted by atomic mass is 10.1. The van der Waals surface area contributed by atoms with Crippen LogP contribution in [0.3, 0.4) is 0 Å². The molecule has 0 radical (unpaired) electrons. The van der Waals surface area contributed by atoms with Crippen LogP contribution in [0.5, 0.6) is 0 Å². The van der Waals surface area contributed by atoms with Gasteiger partial charge in [0.15, 0.2) is 11.5 Å². The number of nitrogens with zero attached hydrogens (tertiary/aromatic N) is 5. The van der Waals surface area contributed by atoms with E-state index in [9.17, 15) is 9.59 Å². The highest BCUT2D eigenvalue weighted by molar-refractivity contribution is 7.17. The molecule has 5 rings (SSSR count). The maximum Gasteiger partial charge on any atom is 0.262 e. The summed E-state index contributed by atoms with van der Waals surface area (Å²) in [7, 11) is 0. The largest absolute Gasteiger partial charge is 0.349 e. The van der Waals surface area contributed by atoms with Crippen LogP contribution in [-0.2, 0) is 17.9 Å². The number of carbonyl (C=O) groups is 1. The fraction of sp³-hybridized carbons (Fsp3) is 0.174. The molecule has 8 nitrogen and oxygen atoms in total. The second kappa shape index (κ2) is 8.35. The van der Waals surface area contributed by atoms with Gasteiger partial charge in [-0.3, -0.25) is 18.6 Å². The van der Waals surface area contributed by atoms with Crippen molar-refractivity contribution in [2.45, 2.75) is 26.4 Å². The summed E-state index contributed by atoms with van der Waals surface area (Å²) in [6.07, 6.45) is 3.52. The lowest BCUT2D eigenvalue weighted by Crippen LogP contribution is -2.27. The number of pyridine rings is 1. The summed E-state index contributed by atoms with van der Waals surface area (Å²) in [5, 5.41) is 13.6. The van der Waals surface area contributed by atoms with Crippen molar-refractivity contribution < 1.29 is 4.79 Å². The van der Waals surface area contributed by atoms with Crippen molar-refractivity contribution in [2.75, 3.05) is 0 Å². The number of thiophene rings is 1. The van der Waals surface area contributed by atoms with Crippen LogP contribution in [0.2, 0.25) is 0 Å². The lowest BCUT2D eigenvalue weighted by molar-refractivity contribution is -0.121. The number of benzene rings is 1. The highest BCUT2D eigenvalue weighted by Gasteiger charge is 2.14. The molecule has 1 N–H and O–H groups in total. The van der Waals surface area contributed by atoms with Crippen LogP contribution >= 0.6 is 11.3 Å². The van der Waals surface area contributed by atoms with E-state index < -0.39 is 0 Å². The van der Waals surface area contributed by atoms with Crippen LogP contribution in [0.4, 0.5) is 0 Å². The van der Waals surface area contributed by atoms with Gasteiger partial charge in [0.05, 0.1) is 18.3 Å². The highest BCUT2D eigenvalue weighted by Crippen LogP contribution is 2.30. The first-order valence-electron chi connectivity index (χ1n) is 10.2. The van der Waals surface area contributed by atoms with E-state index in [1.807, 2.05) is 65.4 Å². The molecule has 0 aliphatic heterocycles. The van der Waals surface area contributed by atoms with Gasteiger partial charge in [0, 0.05) is 30.1 Å². The van der Waals surface area contributed by atoms with Crippen molar-refractivity contribution in [1.82, 2.24) is 29.5 Å². The van der Waals surface area contributed by atoms with E-state index in [1.54, 1.807) is 0 Å². The van der Waals surface area contributed by atoms with Gasteiger partial charge in [0.1, 0.15) is 4.83 Å². The van der Waals surface area contributed by atoms with Crippen LogP contribution in [0.25, 0.3) is 27.0 Å². The standard InChI is InChI=1S/C23H20N6O2S/c1-15-5-7-16(8-6-15)17-13-32-22-21(17)23(31)28(14-25-22)11-9-20(30)24-12-19-27-26-18-4-2-3-10-29(18)19/h2-8,10,13-14H,9,11-12H2,1H3,(H,24,30).